The van der Waals surface area contributed by atoms with E-state index in [4.69, 9.17) is 0 Å². The molecular formula is C29H23F2I2N5O3. The molecule has 2 heterocycles. The molecule has 2 aliphatic rings. The summed E-state index contributed by atoms with van der Waals surface area (Å²) >= 11 is 3.64. The molecule has 0 bridgehead atoms. The van der Waals surface area contributed by atoms with Gasteiger partial charge in [0.05, 0.1) is 11.6 Å². The summed E-state index contributed by atoms with van der Waals surface area (Å²) in [4.78, 5) is 48.1. The summed E-state index contributed by atoms with van der Waals surface area (Å²) in [5.41, 5.74) is 0.848. The zero-order valence-corrected chi connectivity index (χ0v) is 25.8. The van der Waals surface area contributed by atoms with Gasteiger partial charge in [-0.05, 0) is 87.5 Å². The molecule has 12 heteroatoms. The van der Waals surface area contributed by atoms with E-state index in [2.05, 4.69) is 10.3 Å². The first kappa shape index (κ1) is 29.3. The van der Waals surface area contributed by atoms with Crippen LogP contribution in [0.4, 0.5) is 20.3 Å². The maximum absolute atomic E-state index is 14.8. The van der Waals surface area contributed by atoms with Gasteiger partial charge in [-0.15, -0.1) is 0 Å². The molecule has 1 aromatic heterocycles. The van der Waals surface area contributed by atoms with E-state index in [-0.39, 0.29) is 48.7 Å². The van der Waals surface area contributed by atoms with Crippen molar-refractivity contribution in [3.05, 3.63) is 87.4 Å². The first-order chi connectivity index (χ1) is 19.6. The number of rotatable bonds is 7. The van der Waals surface area contributed by atoms with Crippen molar-refractivity contribution in [1.29, 1.82) is 5.26 Å². The minimum Gasteiger partial charge on any atom is -0.351 e. The van der Waals surface area contributed by atoms with Gasteiger partial charge >= 0.3 is 0 Å². The van der Waals surface area contributed by atoms with Crippen LogP contribution in [0.2, 0.25) is 0 Å². The van der Waals surface area contributed by atoms with E-state index in [9.17, 15) is 28.4 Å². The third kappa shape index (κ3) is 6.35. The molecule has 2 atom stereocenters. The van der Waals surface area contributed by atoms with Crippen LogP contribution in [-0.2, 0) is 14.4 Å². The highest BCUT2D eigenvalue weighted by molar-refractivity contribution is 14.1. The fraction of sp³-hybridized carbons (Fsp3) is 0.276. The van der Waals surface area contributed by atoms with Gasteiger partial charge in [0.15, 0.2) is 3.68 Å². The second kappa shape index (κ2) is 12.0. The molecule has 1 aliphatic carbocycles. The van der Waals surface area contributed by atoms with E-state index in [0.29, 0.717) is 9.13 Å². The highest BCUT2D eigenvalue weighted by Gasteiger charge is 2.47. The van der Waals surface area contributed by atoms with Gasteiger partial charge in [0.2, 0.25) is 11.8 Å². The quantitative estimate of drug-likeness (QED) is 0.258. The third-order valence-electron chi connectivity index (χ3n) is 7.04. The van der Waals surface area contributed by atoms with Crippen molar-refractivity contribution >= 4 is 74.4 Å². The molecule has 1 N–H and O–H groups in total. The Morgan fingerprint density at radius 2 is 1.90 bits per heavy atom. The number of pyridine rings is 1. The van der Waals surface area contributed by atoms with E-state index in [1.165, 1.54) is 40.3 Å². The summed E-state index contributed by atoms with van der Waals surface area (Å²) in [6.07, 6.45) is 1.80. The predicted molar refractivity (Wildman–Crippen MR) is 164 cm³/mol. The lowest BCUT2D eigenvalue weighted by Gasteiger charge is -2.40. The Hall–Kier alpha value is -3.19. The van der Waals surface area contributed by atoms with E-state index in [0.717, 1.165) is 0 Å². The number of hydrogen-bond donors (Lipinski definition) is 1. The number of nitrogens with zero attached hydrogens (tertiary/aromatic N) is 4. The summed E-state index contributed by atoms with van der Waals surface area (Å²) in [6.45, 7) is 0. The Morgan fingerprint density at radius 1 is 1.17 bits per heavy atom. The van der Waals surface area contributed by atoms with E-state index < -0.39 is 39.4 Å². The van der Waals surface area contributed by atoms with E-state index in [1.54, 1.807) is 59.0 Å². The molecule has 41 heavy (non-hydrogen) atoms. The summed E-state index contributed by atoms with van der Waals surface area (Å²) in [7, 11) is 0. The average molecular weight is 781 g/mol. The normalized spacial score (nSPS) is 22.4. The lowest BCUT2D eigenvalue weighted by atomic mass is 9.90. The number of alkyl halides is 2. The lowest BCUT2D eigenvalue weighted by molar-refractivity contribution is -0.128. The van der Waals surface area contributed by atoms with Crippen LogP contribution in [0.5, 0.6) is 0 Å². The zero-order chi connectivity index (χ0) is 29.3. The SMILES string of the molecule is N#Cc1ccnc(N2C(=O)CC[C@H]2C(=O)N(c2cc(F)cc(I)c2)[C@H](C(=O)NC2CC(F)(I)C2)c2ccccc2)c1. The van der Waals surface area contributed by atoms with Crippen LogP contribution in [0, 0.1) is 20.7 Å². The first-order valence-electron chi connectivity index (χ1n) is 12.8. The fourth-order valence-electron chi connectivity index (χ4n) is 5.16. The Labute approximate surface area is 262 Å². The van der Waals surface area contributed by atoms with Gasteiger partial charge in [0.1, 0.15) is 23.7 Å². The Morgan fingerprint density at radius 3 is 2.56 bits per heavy atom. The van der Waals surface area contributed by atoms with Gasteiger partial charge in [-0.3, -0.25) is 24.2 Å². The van der Waals surface area contributed by atoms with Gasteiger partial charge in [-0.1, -0.05) is 30.3 Å². The average Bonchev–Trinajstić information content (AvgIpc) is 3.31. The predicted octanol–water partition coefficient (Wildman–Crippen LogP) is 5.35. The number of aromatic nitrogens is 1. The molecule has 2 aromatic carbocycles. The number of nitrogens with one attached hydrogen (secondary N) is 1. The van der Waals surface area contributed by atoms with Crippen LogP contribution in [0.1, 0.15) is 42.9 Å². The first-order valence-corrected chi connectivity index (χ1v) is 14.9. The zero-order valence-electron chi connectivity index (χ0n) is 21.4. The standard InChI is InChI=1S/C29H23F2I2N5O3/c30-19-11-20(32)13-22(12-19)37(26(18-4-2-1-3-5-18)27(40)36-21-14-29(31,33)15-21)28(41)23-6-7-25(39)38(23)24-10-17(16-34)8-9-35-24/h1-5,8-13,21,23,26H,6-7,14-15H2,(H,36,40)/t21?,23-,26-,29?/m0/s1. The molecule has 3 aromatic rings. The van der Waals surface area contributed by atoms with Gasteiger partial charge in [-0.2, -0.15) is 5.26 Å². The number of carbonyl (C=O) groups is 3. The van der Waals surface area contributed by atoms with Crippen molar-refractivity contribution in [1.82, 2.24) is 10.3 Å². The summed E-state index contributed by atoms with van der Waals surface area (Å²) in [5.74, 6) is -2.01. The molecule has 0 radical (unpaired) electrons. The molecule has 1 aliphatic heterocycles. The smallest absolute Gasteiger partial charge is 0.251 e. The monoisotopic (exact) mass is 781 g/mol. The number of halogens is 4. The maximum atomic E-state index is 14.8. The lowest BCUT2D eigenvalue weighted by Crippen LogP contribution is -2.55. The van der Waals surface area contributed by atoms with Crippen molar-refractivity contribution in [2.45, 2.75) is 47.5 Å². The Balaban J connectivity index is 1.60. The molecule has 3 amide bonds. The van der Waals surface area contributed by atoms with E-state index >= 15 is 0 Å². The Bertz CT molecular complexity index is 1520. The van der Waals surface area contributed by atoms with Crippen LogP contribution in [0.15, 0.2) is 66.9 Å². The summed E-state index contributed by atoms with van der Waals surface area (Å²) in [5, 5.41) is 12.2. The molecule has 0 spiro atoms. The van der Waals surface area contributed by atoms with Crippen molar-refractivity contribution in [3.8, 4) is 6.07 Å². The topological polar surface area (TPSA) is 106 Å². The van der Waals surface area contributed by atoms with Crippen molar-refractivity contribution in [2.75, 3.05) is 9.80 Å². The van der Waals surface area contributed by atoms with Gasteiger partial charge in [0.25, 0.3) is 5.91 Å². The highest BCUT2D eigenvalue weighted by Crippen LogP contribution is 2.43. The molecule has 0 unspecified atom stereocenters. The molecule has 1 saturated carbocycles. The van der Waals surface area contributed by atoms with Crippen molar-refractivity contribution in [2.24, 2.45) is 0 Å². The van der Waals surface area contributed by atoms with Gasteiger partial charge in [0, 0.05) is 40.8 Å². The van der Waals surface area contributed by atoms with Gasteiger partial charge < -0.3 is 5.32 Å². The minimum absolute atomic E-state index is 0.0436. The molecule has 1 saturated heterocycles. The molecular weight excluding hydrogens is 758 g/mol. The second-order valence-corrected chi connectivity index (χ2v) is 13.1. The highest BCUT2D eigenvalue weighted by atomic mass is 127. The molecule has 5 rings (SSSR count). The number of nitriles is 1. The second-order valence-electron chi connectivity index (χ2n) is 9.95. The summed E-state index contributed by atoms with van der Waals surface area (Å²) < 4.78 is 28.1. The third-order valence-corrected chi connectivity index (χ3v) is 8.54. The molecule has 8 nitrogen and oxygen atoms in total. The largest absolute Gasteiger partial charge is 0.351 e. The number of hydrogen-bond acceptors (Lipinski definition) is 5. The number of amides is 3. The number of anilines is 2. The van der Waals surface area contributed by atoms with Crippen LogP contribution in [-0.4, -0.2) is 38.5 Å². The van der Waals surface area contributed by atoms with Crippen LogP contribution in [0.3, 0.4) is 0 Å². The van der Waals surface area contributed by atoms with Crippen molar-refractivity contribution < 1.29 is 23.2 Å². The van der Waals surface area contributed by atoms with Crippen LogP contribution < -0.4 is 15.1 Å². The molecule has 2 fully saturated rings. The van der Waals surface area contributed by atoms with E-state index in [1.807, 2.05) is 28.7 Å². The Kier molecular flexibility index (Phi) is 8.55. The van der Waals surface area contributed by atoms with Crippen molar-refractivity contribution in [3.63, 3.8) is 0 Å². The minimum atomic E-state index is -1.41. The van der Waals surface area contributed by atoms with Gasteiger partial charge in [-0.25, -0.2) is 13.8 Å². The number of carbonyl (C=O) groups excluding carboxylic acids is 3. The summed E-state index contributed by atoms with van der Waals surface area (Å²) in [6, 6.07) is 14.8. The fourth-order valence-corrected chi connectivity index (χ4v) is 6.84. The number of benzene rings is 2. The molecule has 210 valence electrons. The van der Waals surface area contributed by atoms with Crippen LogP contribution >= 0.6 is 45.2 Å². The maximum Gasteiger partial charge on any atom is 0.251 e. The van der Waals surface area contributed by atoms with Crippen LogP contribution in [0.25, 0.3) is 0 Å².